The topological polar surface area (TPSA) is 29.3 Å². The minimum absolute atomic E-state index is 0.115. The molecule has 0 amide bonds. The molecular formula is C13H20F2N2. The van der Waals surface area contributed by atoms with Crippen molar-refractivity contribution in [1.82, 2.24) is 4.90 Å². The molecule has 0 saturated carbocycles. The number of halogens is 2. The third-order valence-corrected chi connectivity index (χ3v) is 3.26. The molecule has 0 aliphatic heterocycles. The third-order valence-electron chi connectivity index (χ3n) is 3.26. The van der Waals surface area contributed by atoms with Gasteiger partial charge >= 0.3 is 0 Å². The first-order valence-corrected chi connectivity index (χ1v) is 5.72. The number of hydrogen-bond acceptors (Lipinski definition) is 2. The molecule has 0 spiro atoms. The van der Waals surface area contributed by atoms with Crippen molar-refractivity contribution in [3.05, 3.63) is 35.4 Å². The average Bonchev–Trinajstić information content (AvgIpc) is 2.27. The van der Waals surface area contributed by atoms with Crippen molar-refractivity contribution >= 4 is 0 Å². The third kappa shape index (κ3) is 3.75. The fourth-order valence-electron chi connectivity index (χ4n) is 1.47. The minimum Gasteiger partial charge on any atom is -0.329 e. The van der Waals surface area contributed by atoms with Crippen LogP contribution in [0.2, 0.25) is 0 Å². The van der Waals surface area contributed by atoms with E-state index in [0.717, 1.165) is 6.07 Å². The maximum Gasteiger partial charge on any atom is 0.129 e. The van der Waals surface area contributed by atoms with Gasteiger partial charge in [0.25, 0.3) is 0 Å². The standard InChI is InChI=1S/C13H20F2N2/c1-13(2,9-16)17(3)7-6-10-4-5-11(14)8-12(10)15/h4-5,8H,6-7,9,16H2,1-3H3. The highest BCUT2D eigenvalue weighted by Crippen LogP contribution is 2.14. The first kappa shape index (κ1) is 14.1. The molecule has 17 heavy (non-hydrogen) atoms. The molecule has 1 aromatic rings. The van der Waals surface area contributed by atoms with Crippen molar-refractivity contribution in [3.63, 3.8) is 0 Å². The van der Waals surface area contributed by atoms with Crippen LogP contribution in [0.1, 0.15) is 19.4 Å². The second-order valence-corrected chi connectivity index (χ2v) is 4.92. The van der Waals surface area contributed by atoms with Crippen molar-refractivity contribution < 1.29 is 8.78 Å². The molecule has 0 aliphatic rings. The van der Waals surface area contributed by atoms with Crippen molar-refractivity contribution in [3.8, 4) is 0 Å². The quantitative estimate of drug-likeness (QED) is 0.857. The van der Waals surface area contributed by atoms with E-state index in [-0.39, 0.29) is 5.54 Å². The summed E-state index contributed by atoms with van der Waals surface area (Å²) in [4.78, 5) is 2.08. The molecule has 0 radical (unpaired) electrons. The average molecular weight is 242 g/mol. The Kier molecular flexibility index (Phi) is 4.60. The van der Waals surface area contributed by atoms with Crippen molar-refractivity contribution in [2.75, 3.05) is 20.1 Å². The fourth-order valence-corrected chi connectivity index (χ4v) is 1.47. The molecule has 1 aromatic carbocycles. The molecule has 0 saturated heterocycles. The van der Waals surface area contributed by atoms with E-state index in [2.05, 4.69) is 4.90 Å². The number of benzene rings is 1. The Morgan fingerprint density at radius 3 is 2.47 bits per heavy atom. The van der Waals surface area contributed by atoms with Crippen LogP contribution in [0.4, 0.5) is 8.78 Å². The van der Waals surface area contributed by atoms with Crippen LogP contribution in [-0.2, 0) is 6.42 Å². The van der Waals surface area contributed by atoms with Gasteiger partial charge in [0.05, 0.1) is 0 Å². The van der Waals surface area contributed by atoms with E-state index in [1.165, 1.54) is 12.1 Å². The molecule has 0 aliphatic carbocycles. The molecule has 2 nitrogen and oxygen atoms in total. The van der Waals surface area contributed by atoms with Crippen LogP contribution in [0.15, 0.2) is 18.2 Å². The zero-order valence-corrected chi connectivity index (χ0v) is 10.6. The van der Waals surface area contributed by atoms with Gasteiger partial charge in [-0.2, -0.15) is 0 Å². The zero-order valence-electron chi connectivity index (χ0n) is 10.6. The van der Waals surface area contributed by atoms with E-state index in [0.29, 0.717) is 25.1 Å². The van der Waals surface area contributed by atoms with Crippen molar-refractivity contribution in [2.45, 2.75) is 25.8 Å². The normalized spacial score (nSPS) is 12.2. The van der Waals surface area contributed by atoms with Gasteiger partial charge in [-0.05, 0) is 38.9 Å². The Morgan fingerprint density at radius 1 is 1.29 bits per heavy atom. The molecule has 0 bridgehead atoms. The Balaban J connectivity index is 2.62. The summed E-state index contributed by atoms with van der Waals surface area (Å²) < 4.78 is 26.1. The predicted octanol–water partition coefficient (Wildman–Crippen LogP) is 2.18. The van der Waals surface area contributed by atoms with E-state index in [1.807, 2.05) is 20.9 Å². The van der Waals surface area contributed by atoms with Crippen LogP contribution in [0.5, 0.6) is 0 Å². The second kappa shape index (κ2) is 5.56. The number of hydrogen-bond donors (Lipinski definition) is 1. The number of nitrogens with zero attached hydrogens (tertiary/aromatic N) is 1. The van der Waals surface area contributed by atoms with Gasteiger partial charge in [0.2, 0.25) is 0 Å². The van der Waals surface area contributed by atoms with Gasteiger partial charge in [-0.3, -0.25) is 4.90 Å². The Labute approximate surface area is 101 Å². The largest absolute Gasteiger partial charge is 0.329 e. The van der Waals surface area contributed by atoms with Gasteiger partial charge in [0.15, 0.2) is 0 Å². The smallest absolute Gasteiger partial charge is 0.129 e. The van der Waals surface area contributed by atoms with E-state index in [4.69, 9.17) is 5.73 Å². The summed E-state index contributed by atoms with van der Waals surface area (Å²) in [6.45, 7) is 5.30. The molecular weight excluding hydrogens is 222 g/mol. The van der Waals surface area contributed by atoms with Gasteiger partial charge in [-0.1, -0.05) is 6.07 Å². The second-order valence-electron chi connectivity index (χ2n) is 4.92. The van der Waals surface area contributed by atoms with Crippen molar-refractivity contribution in [1.29, 1.82) is 0 Å². The summed E-state index contributed by atoms with van der Waals surface area (Å²) in [5, 5.41) is 0. The lowest BCUT2D eigenvalue weighted by atomic mass is 10.0. The Bertz CT molecular complexity index is 378. The monoisotopic (exact) mass is 242 g/mol. The van der Waals surface area contributed by atoms with E-state index >= 15 is 0 Å². The molecule has 0 atom stereocenters. The van der Waals surface area contributed by atoms with Gasteiger partial charge in [-0.25, -0.2) is 8.78 Å². The summed E-state index contributed by atoms with van der Waals surface area (Å²) in [6, 6.07) is 3.70. The summed E-state index contributed by atoms with van der Waals surface area (Å²) in [6.07, 6.45) is 0.548. The maximum atomic E-state index is 13.4. The first-order chi connectivity index (χ1) is 7.86. The van der Waals surface area contributed by atoms with Gasteiger partial charge in [0, 0.05) is 24.7 Å². The number of likely N-dealkylation sites (N-methyl/N-ethyl adjacent to an activating group) is 1. The van der Waals surface area contributed by atoms with E-state index in [1.54, 1.807) is 0 Å². The number of rotatable bonds is 5. The Morgan fingerprint density at radius 2 is 1.94 bits per heavy atom. The molecule has 0 heterocycles. The SMILES string of the molecule is CN(CCc1ccc(F)cc1F)C(C)(C)CN. The predicted molar refractivity (Wildman–Crippen MR) is 65.8 cm³/mol. The lowest BCUT2D eigenvalue weighted by Crippen LogP contribution is -2.47. The molecule has 1 rings (SSSR count). The molecule has 2 N–H and O–H groups in total. The molecule has 4 heteroatoms. The lowest BCUT2D eigenvalue weighted by molar-refractivity contribution is 0.165. The van der Waals surface area contributed by atoms with Gasteiger partial charge in [0.1, 0.15) is 11.6 Å². The van der Waals surface area contributed by atoms with Crippen LogP contribution >= 0.6 is 0 Å². The van der Waals surface area contributed by atoms with E-state index in [9.17, 15) is 8.78 Å². The highest BCUT2D eigenvalue weighted by Gasteiger charge is 2.21. The number of nitrogens with two attached hydrogens (primary N) is 1. The summed E-state index contributed by atoms with van der Waals surface area (Å²) in [5.41, 5.74) is 6.08. The lowest BCUT2D eigenvalue weighted by Gasteiger charge is -2.34. The first-order valence-electron chi connectivity index (χ1n) is 5.72. The van der Waals surface area contributed by atoms with Gasteiger partial charge < -0.3 is 5.73 Å². The van der Waals surface area contributed by atoms with Crippen LogP contribution in [0, 0.1) is 11.6 Å². The van der Waals surface area contributed by atoms with E-state index < -0.39 is 11.6 Å². The fraction of sp³-hybridized carbons (Fsp3) is 0.538. The highest BCUT2D eigenvalue weighted by atomic mass is 19.1. The molecule has 0 fully saturated rings. The maximum absolute atomic E-state index is 13.4. The molecule has 0 unspecified atom stereocenters. The highest BCUT2D eigenvalue weighted by molar-refractivity contribution is 5.18. The van der Waals surface area contributed by atoms with Crippen molar-refractivity contribution in [2.24, 2.45) is 5.73 Å². The van der Waals surface area contributed by atoms with Gasteiger partial charge in [-0.15, -0.1) is 0 Å². The van der Waals surface area contributed by atoms with Crippen LogP contribution < -0.4 is 5.73 Å². The Hall–Kier alpha value is -1.00. The molecule has 0 aromatic heterocycles. The van der Waals surface area contributed by atoms with Crippen LogP contribution in [-0.4, -0.2) is 30.6 Å². The zero-order chi connectivity index (χ0) is 13.1. The summed E-state index contributed by atoms with van der Waals surface area (Å²) in [5.74, 6) is -1.02. The van der Waals surface area contributed by atoms with Crippen LogP contribution in [0.25, 0.3) is 0 Å². The minimum atomic E-state index is -0.540. The summed E-state index contributed by atoms with van der Waals surface area (Å²) >= 11 is 0. The van der Waals surface area contributed by atoms with Crippen LogP contribution in [0.3, 0.4) is 0 Å². The molecule has 96 valence electrons. The summed E-state index contributed by atoms with van der Waals surface area (Å²) in [7, 11) is 1.95.